The van der Waals surface area contributed by atoms with Gasteiger partial charge in [-0.3, -0.25) is 0 Å². The molecule has 0 unspecified atom stereocenters. The van der Waals surface area contributed by atoms with Crippen LogP contribution in [-0.2, 0) is 16.4 Å². The summed E-state index contributed by atoms with van der Waals surface area (Å²) in [7, 11) is 1.71. The number of hydrogen-bond donors (Lipinski definition) is 0. The van der Waals surface area contributed by atoms with Gasteiger partial charge in [-0.05, 0) is 18.1 Å². The molecule has 2 rings (SSSR count). The molecule has 1 aromatic rings. The molecule has 1 aliphatic rings. The Kier molecular flexibility index (Phi) is 2.67. The van der Waals surface area contributed by atoms with E-state index in [1.165, 1.54) is 4.31 Å². The molecule has 0 spiro atoms. The summed E-state index contributed by atoms with van der Waals surface area (Å²) in [6.45, 7) is 0.884. The van der Waals surface area contributed by atoms with E-state index in [4.69, 9.17) is 0 Å². The first-order chi connectivity index (χ1) is 7.44. The average Bonchev–Trinajstić information content (AvgIpc) is 2.60. The molecule has 1 aromatic carbocycles. The van der Waals surface area contributed by atoms with Gasteiger partial charge in [-0.1, -0.05) is 12.1 Å². The lowest BCUT2D eigenvalue weighted by atomic mass is 10.2. The molecular formula is C11H16N2O2S. The Balaban J connectivity index is 2.65. The van der Waals surface area contributed by atoms with Crippen molar-refractivity contribution in [1.29, 1.82) is 0 Å². The van der Waals surface area contributed by atoms with E-state index in [9.17, 15) is 8.42 Å². The third-order valence-electron chi connectivity index (χ3n) is 2.94. The zero-order valence-corrected chi connectivity index (χ0v) is 10.6. The highest BCUT2D eigenvalue weighted by molar-refractivity contribution is 7.89. The Bertz CT molecular complexity index is 509. The second-order valence-electron chi connectivity index (χ2n) is 4.22. The molecule has 0 atom stereocenters. The fraction of sp³-hybridized carbons (Fsp3) is 0.455. The van der Waals surface area contributed by atoms with Crippen molar-refractivity contribution >= 4 is 15.7 Å². The number of hydrogen-bond acceptors (Lipinski definition) is 3. The summed E-state index contributed by atoms with van der Waals surface area (Å²) in [5, 5.41) is 0. The standard InChI is InChI=1S/C11H16N2O2S/c1-12(2)16(14,15)10-6-4-5-9-7-8-13(3)11(9)10/h4-6H,7-8H2,1-3H3. The maximum absolute atomic E-state index is 12.1. The van der Waals surface area contributed by atoms with Crippen LogP contribution >= 0.6 is 0 Å². The maximum atomic E-state index is 12.1. The fourth-order valence-electron chi connectivity index (χ4n) is 2.01. The van der Waals surface area contributed by atoms with Crippen molar-refractivity contribution in [3.05, 3.63) is 23.8 Å². The van der Waals surface area contributed by atoms with Gasteiger partial charge in [-0.2, -0.15) is 0 Å². The van der Waals surface area contributed by atoms with E-state index in [1.807, 2.05) is 24.1 Å². The minimum absolute atomic E-state index is 0.412. The first kappa shape index (κ1) is 11.4. The number of anilines is 1. The lowest BCUT2D eigenvalue weighted by Crippen LogP contribution is -2.24. The van der Waals surface area contributed by atoms with Crippen LogP contribution in [0.4, 0.5) is 5.69 Å². The zero-order chi connectivity index (χ0) is 11.9. The summed E-state index contributed by atoms with van der Waals surface area (Å²) in [6.07, 6.45) is 0.919. The maximum Gasteiger partial charge on any atom is 0.244 e. The van der Waals surface area contributed by atoms with Crippen molar-refractivity contribution in [3.8, 4) is 0 Å². The topological polar surface area (TPSA) is 40.6 Å². The molecule has 0 N–H and O–H groups in total. The number of rotatable bonds is 2. The van der Waals surface area contributed by atoms with Crippen LogP contribution in [0.3, 0.4) is 0 Å². The summed E-state index contributed by atoms with van der Waals surface area (Å²) in [5.74, 6) is 0. The first-order valence-corrected chi connectivity index (χ1v) is 6.64. The lowest BCUT2D eigenvalue weighted by Gasteiger charge is -2.19. The second-order valence-corrected chi connectivity index (χ2v) is 6.34. The van der Waals surface area contributed by atoms with Gasteiger partial charge >= 0.3 is 0 Å². The Morgan fingerprint density at radius 1 is 1.31 bits per heavy atom. The van der Waals surface area contributed by atoms with Gasteiger partial charge in [0.1, 0.15) is 4.90 Å². The lowest BCUT2D eigenvalue weighted by molar-refractivity contribution is 0.521. The molecule has 0 radical (unpaired) electrons. The van der Waals surface area contributed by atoms with Crippen molar-refractivity contribution in [3.63, 3.8) is 0 Å². The molecule has 0 fully saturated rings. The highest BCUT2D eigenvalue weighted by Crippen LogP contribution is 2.34. The van der Waals surface area contributed by atoms with Crippen LogP contribution in [-0.4, -0.2) is 40.4 Å². The number of para-hydroxylation sites is 1. The van der Waals surface area contributed by atoms with Crippen LogP contribution < -0.4 is 4.90 Å². The number of nitrogens with zero attached hydrogens (tertiary/aromatic N) is 2. The molecule has 16 heavy (non-hydrogen) atoms. The average molecular weight is 240 g/mol. The molecule has 0 saturated carbocycles. The summed E-state index contributed by atoms with van der Waals surface area (Å²) in [5.41, 5.74) is 1.97. The van der Waals surface area contributed by atoms with E-state index >= 15 is 0 Å². The molecule has 1 heterocycles. The van der Waals surface area contributed by atoms with Gasteiger partial charge in [0.2, 0.25) is 10.0 Å². The van der Waals surface area contributed by atoms with Crippen molar-refractivity contribution in [2.24, 2.45) is 0 Å². The van der Waals surface area contributed by atoms with Crippen LogP contribution in [0.15, 0.2) is 23.1 Å². The molecule has 5 heteroatoms. The number of benzene rings is 1. The summed E-state index contributed by atoms with van der Waals surface area (Å²) in [6, 6.07) is 5.48. The molecule has 1 aliphatic heterocycles. The van der Waals surface area contributed by atoms with Gasteiger partial charge in [0.15, 0.2) is 0 Å². The molecule has 88 valence electrons. The van der Waals surface area contributed by atoms with Crippen LogP contribution in [0.1, 0.15) is 5.56 Å². The van der Waals surface area contributed by atoms with Crippen LogP contribution in [0.25, 0.3) is 0 Å². The zero-order valence-electron chi connectivity index (χ0n) is 9.77. The Morgan fingerprint density at radius 3 is 2.62 bits per heavy atom. The van der Waals surface area contributed by atoms with Crippen LogP contribution in [0.2, 0.25) is 0 Å². The van der Waals surface area contributed by atoms with Gasteiger partial charge in [-0.15, -0.1) is 0 Å². The Hall–Kier alpha value is -1.07. The van der Waals surface area contributed by atoms with Crippen LogP contribution in [0.5, 0.6) is 0 Å². The third kappa shape index (κ3) is 1.60. The first-order valence-electron chi connectivity index (χ1n) is 5.20. The predicted octanol–water partition coefficient (Wildman–Crippen LogP) is 0.929. The van der Waals surface area contributed by atoms with E-state index in [2.05, 4.69) is 0 Å². The summed E-state index contributed by atoms with van der Waals surface area (Å²) < 4.78 is 25.5. The van der Waals surface area contributed by atoms with E-state index in [-0.39, 0.29) is 0 Å². The molecular weight excluding hydrogens is 224 g/mol. The molecule has 0 saturated heterocycles. The molecule has 4 nitrogen and oxygen atoms in total. The molecule has 0 aromatic heterocycles. The smallest absolute Gasteiger partial charge is 0.244 e. The second kappa shape index (κ2) is 3.75. The van der Waals surface area contributed by atoms with Gasteiger partial charge in [0.25, 0.3) is 0 Å². The summed E-state index contributed by atoms with van der Waals surface area (Å²) >= 11 is 0. The number of fused-ring (bicyclic) bond motifs is 1. The largest absolute Gasteiger partial charge is 0.373 e. The van der Waals surface area contributed by atoms with Crippen LogP contribution in [0, 0.1) is 0 Å². The van der Waals surface area contributed by atoms with Gasteiger partial charge in [0, 0.05) is 27.7 Å². The normalized spacial score (nSPS) is 15.6. The Morgan fingerprint density at radius 2 is 2.00 bits per heavy atom. The van der Waals surface area contributed by atoms with Crippen molar-refractivity contribution < 1.29 is 8.42 Å². The van der Waals surface area contributed by atoms with E-state index < -0.39 is 10.0 Å². The highest BCUT2D eigenvalue weighted by atomic mass is 32.2. The minimum atomic E-state index is -3.34. The SMILES string of the molecule is CN1CCc2cccc(S(=O)(=O)N(C)C)c21. The minimum Gasteiger partial charge on any atom is -0.373 e. The van der Waals surface area contributed by atoms with E-state index in [1.54, 1.807) is 20.2 Å². The molecule has 0 bridgehead atoms. The van der Waals surface area contributed by atoms with Crippen molar-refractivity contribution in [2.45, 2.75) is 11.3 Å². The monoisotopic (exact) mass is 240 g/mol. The fourth-order valence-corrected chi connectivity index (χ4v) is 3.18. The van der Waals surface area contributed by atoms with Gasteiger partial charge < -0.3 is 4.90 Å². The van der Waals surface area contributed by atoms with E-state index in [0.29, 0.717) is 4.90 Å². The summed E-state index contributed by atoms with van der Waals surface area (Å²) in [4.78, 5) is 2.42. The number of likely N-dealkylation sites (N-methyl/N-ethyl adjacent to an activating group) is 1. The highest BCUT2D eigenvalue weighted by Gasteiger charge is 2.27. The van der Waals surface area contributed by atoms with E-state index in [0.717, 1.165) is 24.2 Å². The van der Waals surface area contributed by atoms with Crippen molar-refractivity contribution in [2.75, 3.05) is 32.6 Å². The Labute approximate surface area is 96.5 Å². The predicted molar refractivity (Wildman–Crippen MR) is 64.3 cm³/mol. The quantitative estimate of drug-likeness (QED) is 0.772. The third-order valence-corrected chi connectivity index (χ3v) is 4.79. The van der Waals surface area contributed by atoms with Crippen molar-refractivity contribution in [1.82, 2.24) is 4.31 Å². The molecule has 0 amide bonds. The number of sulfonamides is 1. The molecule has 0 aliphatic carbocycles. The van der Waals surface area contributed by atoms with Gasteiger partial charge in [-0.25, -0.2) is 12.7 Å². The van der Waals surface area contributed by atoms with Gasteiger partial charge in [0.05, 0.1) is 5.69 Å².